The van der Waals surface area contributed by atoms with E-state index < -0.39 is 6.04 Å². The minimum absolute atomic E-state index is 0.0792. The van der Waals surface area contributed by atoms with E-state index in [0.29, 0.717) is 35.4 Å². The van der Waals surface area contributed by atoms with E-state index in [1.165, 1.54) is 57.9 Å². The summed E-state index contributed by atoms with van der Waals surface area (Å²) < 4.78 is 0. The van der Waals surface area contributed by atoms with Crippen molar-refractivity contribution in [3.05, 3.63) is 0 Å². The Balaban J connectivity index is 1.04. The molecule has 3 aliphatic heterocycles. The molecule has 0 aromatic heterocycles. The van der Waals surface area contributed by atoms with Crippen LogP contribution in [0, 0.1) is 46.3 Å². The highest BCUT2D eigenvalue weighted by molar-refractivity contribution is 5.84. The molecule has 6 bridgehead atoms. The zero-order valence-electron chi connectivity index (χ0n) is 18.8. The Morgan fingerprint density at radius 2 is 1.58 bits per heavy atom. The molecule has 8 aliphatic rings. The maximum atomic E-state index is 13.3. The summed E-state index contributed by atoms with van der Waals surface area (Å²) in [6.07, 6.45) is 15.8. The van der Waals surface area contributed by atoms with Gasteiger partial charge in [0.25, 0.3) is 0 Å². The minimum Gasteiger partial charge on any atom is -0.322 e. The summed E-state index contributed by atoms with van der Waals surface area (Å²) in [7, 11) is 0. The molecule has 5 saturated carbocycles. The molecule has 31 heavy (non-hydrogen) atoms. The molecule has 0 spiro atoms. The molecule has 0 radical (unpaired) electrons. The van der Waals surface area contributed by atoms with Crippen LogP contribution in [0.5, 0.6) is 0 Å². The van der Waals surface area contributed by atoms with Crippen molar-refractivity contribution >= 4 is 5.91 Å². The van der Waals surface area contributed by atoms with Crippen LogP contribution in [-0.2, 0) is 4.79 Å². The third-order valence-electron chi connectivity index (χ3n) is 10.9. The molecule has 8 fully saturated rings. The highest BCUT2D eigenvalue weighted by Gasteiger charge is 2.57. The molecule has 5 aliphatic carbocycles. The normalized spacial score (nSPS) is 52.8. The first kappa shape index (κ1) is 19.4. The fourth-order valence-corrected chi connectivity index (χ4v) is 10.0. The number of hydrogen-bond donors (Lipinski definition) is 1. The Labute approximate surface area is 186 Å². The summed E-state index contributed by atoms with van der Waals surface area (Å²) in [5.74, 6) is 4.01. The Bertz CT molecular complexity index is 769. The van der Waals surface area contributed by atoms with Crippen molar-refractivity contribution in [2.24, 2.45) is 40.7 Å². The predicted molar refractivity (Wildman–Crippen MR) is 118 cm³/mol. The van der Waals surface area contributed by atoms with Crippen LogP contribution in [0.25, 0.3) is 0 Å². The summed E-state index contributed by atoms with van der Waals surface area (Å²) in [5, 5.41) is 9.50. The number of hydrogen-bond acceptors (Lipinski definition) is 4. The van der Waals surface area contributed by atoms with Crippen molar-refractivity contribution in [1.29, 1.82) is 5.26 Å². The summed E-state index contributed by atoms with van der Waals surface area (Å²) in [6.45, 7) is 1.33. The standard InChI is InChI=1S/C26H38N4O/c27-13-22-6-18-9-23(18)30(22)25(31)24(28)19-7-20-1-2-21(8-19)29(20)14-26-10-15-3-16(11-26)5-17(4-15)12-26/h15-24H,1-12,14,28H2/t15?,16?,17?,18-,20+,21+,22+,23+,24+,26?/m1/s1. The molecule has 0 aromatic rings. The molecule has 2 N–H and O–H groups in total. The van der Waals surface area contributed by atoms with Crippen molar-refractivity contribution in [1.82, 2.24) is 9.80 Å². The van der Waals surface area contributed by atoms with Crippen LogP contribution < -0.4 is 5.73 Å². The number of likely N-dealkylation sites (tertiary alicyclic amines) is 1. The average molecular weight is 423 g/mol. The fraction of sp³-hybridized carbons (Fsp3) is 0.923. The molecular weight excluding hydrogens is 384 g/mol. The summed E-state index contributed by atoms with van der Waals surface area (Å²) in [5.41, 5.74) is 7.24. The molecule has 0 aromatic carbocycles. The Morgan fingerprint density at radius 3 is 2.16 bits per heavy atom. The van der Waals surface area contributed by atoms with Crippen LogP contribution >= 0.6 is 0 Å². The number of piperidine rings is 2. The maximum Gasteiger partial charge on any atom is 0.241 e. The lowest BCUT2D eigenvalue weighted by atomic mass is 9.49. The highest BCUT2D eigenvalue weighted by atomic mass is 16.2. The zero-order valence-corrected chi connectivity index (χ0v) is 18.8. The zero-order chi connectivity index (χ0) is 20.9. The van der Waals surface area contributed by atoms with Gasteiger partial charge in [0.05, 0.1) is 12.1 Å². The smallest absolute Gasteiger partial charge is 0.241 e. The maximum absolute atomic E-state index is 13.3. The second-order valence-electron chi connectivity index (χ2n) is 12.9. The topological polar surface area (TPSA) is 73.4 Å². The van der Waals surface area contributed by atoms with E-state index in [-0.39, 0.29) is 11.9 Å². The number of amides is 1. The fourth-order valence-electron chi connectivity index (χ4n) is 10.0. The molecule has 0 unspecified atom stereocenters. The number of carbonyl (C=O) groups excluding carboxylic acids is 1. The first-order valence-electron chi connectivity index (χ1n) is 13.2. The lowest BCUT2D eigenvalue weighted by Gasteiger charge is -2.59. The minimum atomic E-state index is -0.403. The highest BCUT2D eigenvalue weighted by Crippen LogP contribution is 2.61. The van der Waals surface area contributed by atoms with Gasteiger partial charge >= 0.3 is 0 Å². The number of carbonyl (C=O) groups is 1. The SMILES string of the molecule is N#C[C@@H]1C[C@@H]2C[C@@H]2N1C(=O)[C@@H](N)C1C[C@@H]2CC[C@@H](C1)N2CC12CC3CC(CC(C3)C1)C2. The molecule has 3 heterocycles. The van der Waals surface area contributed by atoms with E-state index in [1.807, 2.05) is 4.90 Å². The van der Waals surface area contributed by atoms with E-state index >= 15 is 0 Å². The summed E-state index contributed by atoms with van der Waals surface area (Å²) in [4.78, 5) is 18.1. The Hall–Kier alpha value is -1.12. The van der Waals surface area contributed by atoms with Gasteiger partial charge in [0.1, 0.15) is 6.04 Å². The van der Waals surface area contributed by atoms with Gasteiger partial charge in [-0.15, -0.1) is 0 Å². The van der Waals surface area contributed by atoms with E-state index in [9.17, 15) is 10.1 Å². The Kier molecular flexibility index (Phi) is 4.18. The molecule has 8 rings (SSSR count). The van der Waals surface area contributed by atoms with Crippen molar-refractivity contribution in [3.63, 3.8) is 0 Å². The second kappa shape index (κ2) is 6.70. The molecule has 1 amide bonds. The van der Waals surface area contributed by atoms with E-state index in [1.54, 1.807) is 0 Å². The number of fused-ring (bicyclic) bond motifs is 3. The van der Waals surface area contributed by atoms with E-state index in [4.69, 9.17) is 5.73 Å². The van der Waals surface area contributed by atoms with E-state index in [0.717, 1.165) is 43.4 Å². The van der Waals surface area contributed by atoms with Crippen LogP contribution in [0.3, 0.4) is 0 Å². The van der Waals surface area contributed by atoms with Gasteiger partial charge in [-0.25, -0.2) is 0 Å². The van der Waals surface area contributed by atoms with Gasteiger partial charge in [0.15, 0.2) is 0 Å². The van der Waals surface area contributed by atoms with Gasteiger partial charge in [0.2, 0.25) is 5.91 Å². The van der Waals surface area contributed by atoms with Gasteiger partial charge in [-0.3, -0.25) is 9.69 Å². The largest absolute Gasteiger partial charge is 0.322 e. The van der Waals surface area contributed by atoms with Crippen molar-refractivity contribution in [3.8, 4) is 6.07 Å². The molecule has 3 saturated heterocycles. The van der Waals surface area contributed by atoms with Crippen molar-refractivity contribution < 1.29 is 4.79 Å². The lowest BCUT2D eigenvalue weighted by Crippen LogP contribution is -2.57. The van der Waals surface area contributed by atoms with Crippen molar-refractivity contribution in [2.45, 2.75) is 107 Å². The van der Waals surface area contributed by atoms with E-state index in [2.05, 4.69) is 11.0 Å². The monoisotopic (exact) mass is 422 g/mol. The quantitative estimate of drug-likeness (QED) is 0.754. The van der Waals surface area contributed by atoms with Crippen LogP contribution in [0.2, 0.25) is 0 Å². The lowest BCUT2D eigenvalue weighted by molar-refractivity contribution is -0.136. The van der Waals surface area contributed by atoms with Gasteiger partial charge in [-0.1, -0.05) is 0 Å². The van der Waals surface area contributed by atoms with Gasteiger partial charge in [-0.2, -0.15) is 5.26 Å². The van der Waals surface area contributed by atoms with Gasteiger partial charge in [0, 0.05) is 24.7 Å². The number of nitrogens with two attached hydrogens (primary N) is 1. The van der Waals surface area contributed by atoms with Crippen molar-refractivity contribution in [2.75, 3.05) is 6.54 Å². The predicted octanol–water partition coefficient (Wildman–Crippen LogP) is 3.29. The molecule has 5 heteroatoms. The number of nitrogens with zero attached hydrogens (tertiary/aromatic N) is 3. The number of nitriles is 1. The number of rotatable bonds is 4. The van der Waals surface area contributed by atoms with Crippen LogP contribution in [0.1, 0.15) is 77.0 Å². The van der Waals surface area contributed by atoms with Crippen LogP contribution in [0.15, 0.2) is 0 Å². The molecule has 168 valence electrons. The molecule has 6 atom stereocenters. The van der Waals surface area contributed by atoms with Gasteiger partial charge < -0.3 is 10.6 Å². The summed E-state index contributed by atoms with van der Waals surface area (Å²) in [6, 6.07) is 3.32. The second-order valence-corrected chi connectivity index (χ2v) is 12.9. The third kappa shape index (κ3) is 2.97. The average Bonchev–Trinajstić information content (AvgIpc) is 3.35. The summed E-state index contributed by atoms with van der Waals surface area (Å²) >= 11 is 0. The van der Waals surface area contributed by atoms with Gasteiger partial charge in [-0.05, 0) is 112 Å². The first-order chi connectivity index (χ1) is 15.0. The first-order valence-corrected chi connectivity index (χ1v) is 13.2. The van der Waals surface area contributed by atoms with Crippen LogP contribution in [0.4, 0.5) is 0 Å². The third-order valence-corrected chi connectivity index (χ3v) is 10.9. The Morgan fingerprint density at radius 1 is 0.968 bits per heavy atom. The molecule has 5 nitrogen and oxygen atoms in total. The molecular formula is C26H38N4O. The van der Waals surface area contributed by atoms with Crippen LogP contribution in [-0.4, -0.2) is 52.5 Å².